The van der Waals surface area contributed by atoms with E-state index < -0.39 is 0 Å². The second kappa shape index (κ2) is 14.3. The molecule has 0 bridgehead atoms. The van der Waals surface area contributed by atoms with Crippen LogP contribution in [0.3, 0.4) is 0 Å². The Morgan fingerprint density at radius 3 is 2.29 bits per heavy atom. The Hall–Kier alpha value is -2.33. The Bertz CT molecular complexity index is 1160. The first-order valence-electron chi connectivity index (χ1n) is 13.7. The maximum Gasteiger partial charge on any atom is 0.251 e. The summed E-state index contributed by atoms with van der Waals surface area (Å²) in [5.74, 6) is 2.54. The van der Waals surface area contributed by atoms with Crippen LogP contribution in [0.15, 0.2) is 48.5 Å². The van der Waals surface area contributed by atoms with E-state index in [4.69, 9.17) is 0 Å². The lowest BCUT2D eigenvalue weighted by molar-refractivity contribution is -0.677. The number of hydrogen-bond donors (Lipinski definition) is 1. The molecular weight excluding hydrogens is 452 g/mol. The van der Waals surface area contributed by atoms with E-state index in [1.807, 2.05) is 6.07 Å². The highest BCUT2D eigenvalue weighted by atomic mass is 35.5. The van der Waals surface area contributed by atoms with E-state index in [1.165, 1.54) is 98.8 Å². The summed E-state index contributed by atoms with van der Waals surface area (Å²) in [6, 6.07) is 17.0. The fraction of sp³-hybridized carbons (Fsp3) is 0.533. The van der Waals surface area contributed by atoms with Crippen molar-refractivity contribution in [1.82, 2.24) is 14.5 Å². The van der Waals surface area contributed by atoms with Gasteiger partial charge in [0.1, 0.15) is 5.82 Å². The Morgan fingerprint density at radius 2 is 1.51 bits per heavy atom. The first-order chi connectivity index (χ1) is 16.8. The van der Waals surface area contributed by atoms with Gasteiger partial charge in [0.2, 0.25) is 0 Å². The van der Waals surface area contributed by atoms with E-state index in [0.29, 0.717) is 0 Å². The van der Waals surface area contributed by atoms with Crippen molar-refractivity contribution in [2.75, 3.05) is 0 Å². The summed E-state index contributed by atoms with van der Waals surface area (Å²) in [4.78, 5) is 8.03. The number of imidazole rings is 2. The zero-order chi connectivity index (χ0) is 23.6. The summed E-state index contributed by atoms with van der Waals surface area (Å²) < 4.78 is 4.76. The summed E-state index contributed by atoms with van der Waals surface area (Å²) in [5.41, 5.74) is 5.04. The topological polar surface area (TPSA) is 37.5 Å². The van der Waals surface area contributed by atoms with Crippen molar-refractivity contribution in [2.45, 2.75) is 104 Å². The normalized spacial score (nSPS) is 12.4. The van der Waals surface area contributed by atoms with Gasteiger partial charge in [0, 0.05) is 19.9 Å². The number of nitrogens with one attached hydrogen (secondary N) is 1. The molecule has 2 aromatic heterocycles. The van der Waals surface area contributed by atoms with Crippen LogP contribution < -0.4 is 17.0 Å². The molecule has 5 heteroatoms. The highest BCUT2D eigenvalue weighted by molar-refractivity contribution is 5.76. The zero-order valence-corrected chi connectivity index (χ0v) is 22.5. The Morgan fingerprint density at radius 1 is 0.857 bits per heavy atom. The predicted molar refractivity (Wildman–Crippen MR) is 143 cm³/mol. The number of aryl methyl sites for hydroxylation is 4. The minimum Gasteiger partial charge on any atom is -1.00 e. The third-order valence-electron chi connectivity index (χ3n) is 7.17. The maximum atomic E-state index is 4.56. The molecule has 0 radical (unpaired) electrons. The lowest BCUT2D eigenvalue weighted by Crippen LogP contribution is -3.00. The molecule has 35 heavy (non-hydrogen) atoms. The number of aromatic amines is 1. The van der Waals surface area contributed by atoms with Crippen molar-refractivity contribution in [1.29, 1.82) is 0 Å². The molecule has 0 fully saturated rings. The number of aromatic nitrogens is 4. The lowest BCUT2D eigenvalue weighted by atomic mass is 10.1. The number of para-hydroxylation sites is 4. The van der Waals surface area contributed by atoms with Gasteiger partial charge in [-0.15, -0.1) is 0 Å². The van der Waals surface area contributed by atoms with Crippen LogP contribution in [0.5, 0.6) is 0 Å². The third-order valence-corrected chi connectivity index (χ3v) is 7.17. The molecule has 190 valence electrons. The molecule has 0 aliphatic carbocycles. The second-order valence-corrected chi connectivity index (χ2v) is 9.83. The number of halogens is 1. The first kappa shape index (κ1) is 27.3. The van der Waals surface area contributed by atoms with Crippen LogP contribution in [0.4, 0.5) is 0 Å². The van der Waals surface area contributed by atoms with Gasteiger partial charge in [0.15, 0.2) is 11.0 Å². The molecule has 1 aliphatic heterocycles. The summed E-state index contributed by atoms with van der Waals surface area (Å²) in [6.07, 6.45) is 16.4. The van der Waals surface area contributed by atoms with Gasteiger partial charge in [-0.05, 0) is 43.5 Å². The second-order valence-electron chi connectivity index (χ2n) is 9.83. The van der Waals surface area contributed by atoms with Crippen LogP contribution >= 0.6 is 0 Å². The van der Waals surface area contributed by atoms with Crippen molar-refractivity contribution in [3.05, 3.63) is 60.2 Å². The number of nitrogens with zero attached hydrogens (tertiary/aromatic N) is 3. The molecule has 0 spiro atoms. The fourth-order valence-corrected chi connectivity index (χ4v) is 5.26. The highest BCUT2D eigenvalue weighted by Gasteiger charge is 2.15. The zero-order valence-electron chi connectivity index (χ0n) is 21.7. The van der Waals surface area contributed by atoms with Crippen LogP contribution in [0.2, 0.25) is 0 Å². The van der Waals surface area contributed by atoms with Gasteiger partial charge >= 0.3 is 0 Å². The first-order valence-corrected chi connectivity index (χ1v) is 13.7. The van der Waals surface area contributed by atoms with Gasteiger partial charge in [0.05, 0.1) is 17.6 Å². The van der Waals surface area contributed by atoms with Crippen molar-refractivity contribution in [3.8, 4) is 0 Å². The third kappa shape index (κ3) is 7.33. The molecule has 2 aromatic carbocycles. The molecule has 3 heterocycles. The van der Waals surface area contributed by atoms with Crippen LogP contribution in [-0.4, -0.2) is 14.5 Å². The average molecular weight is 495 g/mol. The van der Waals surface area contributed by atoms with Gasteiger partial charge in [-0.3, -0.25) is 0 Å². The molecule has 1 aliphatic rings. The van der Waals surface area contributed by atoms with Crippen molar-refractivity contribution < 1.29 is 17.0 Å². The minimum atomic E-state index is 0. The maximum absolute atomic E-state index is 4.56. The van der Waals surface area contributed by atoms with Crippen LogP contribution in [-0.2, 0) is 19.5 Å². The highest BCUT2D eigenvalue weighted by Crippen LogP contribution is 2.21. The molecule has 0 amide bonds. The van der Waals surface area contributed by atoms with E-state index in [0.717, 1.165) is 25.0 Å². The molecule has 0 saturated heterocycles. The van der Waals surface area contributed by atoms with Crippen molar-refractivity contribution in [3.63, 3.8) is 0 Å². The Labute approximate surface area is 217 Å². The fourth-order valence-electron chi connectivity index (χ4n) is 5.26. The standard InChI is InChI=1S/C20H32N2.C10H10N2.ClH/c1-3-4-5-6-7-8-9-10-11-14-17-22-18(2)21-19-15-12-13-16-20(19)22;1-2-5-9-8(4-1)11-10-6-3-7-12(9)10;/h12-13,15-16H,3-11,14,17H2,1-2H3;1-2,4-5H,3,6-7H2;1H. The number of H-pyrrole nitrogens is 1. The molecule has 1 N–H and O–H groups in total. The average Bonchev–Trinajstić information content (AvgIpc) is 3.54. The summed E-state index contributed by atoms with van der Waals surface area (Å²) in [5, 5.41) is 0. The molecular formula is C30H43ClN4. The predicted octanol–water partition coefficient (Wildman–Crippen LogP) is 4.67. The number of benzene rings is 2. The molecule has 0 atom stereocenters. The van der Waals surface area contributed by atoms with Gasteiger partial charge in [0.25, 0.3) is 5.82 Å². The van der Waals surface area contributed by atoms with E-state index >= 15 is 0 Å². The Balaban J connectivity index is 0.000000220. The van der Waals surface area contributed by atoms with Crippen molar-refractivity contribution >= 4 is 22.1 Å². The Kier molecular flexibility index (Phi) is 11.1. The van der Waals surface area contributed by atoms with Gasteiger partial charge in [-0.2, -0.15) is 0 Å². The number of unbranched alkanes of at least 4 members (excludes halogenated alkanes) is 9. The van der Waals surface area contributed by atoms with Crippen LogP contribution in [0, 0.1) is 6.92 Å². The summed E-state index contributed by atoms with van der Waals surface area (Å²) in [6.45, 7) is 6.76. The number of fused-ring (bicyclic) bond motifs is 4. The number of rotatable bonds is 11. The quantitative estimate of drug-likeness (QED) is 0.239. The van der Waals surface area contributed by atoms with Gasteiger partial charge in [-0.25, -0.2) is 14.5 Å². The smallest absolute Gasteiger partial charge is 0.251 e. The molecule has 4 aromatic rings. The van der Waals surface area contributed by atoms with Gasteiger partial charge in [-0.1, -0.05) is 82.6 Å². The van der Waals surface area contributed by atoms with Gasteiger partial charge < -0.3 is 17.0 Å². The SMILES string of the molecule is CCCCCCCCCCCC[n+]1c(C)[nH]c2ccccc21.[Cl-].c1ccc2c(c1)nc1n2CCC1. The minimum absolute atomic E-state index is 0. The molecule has 0 unspecified atom stereocenters. The summed E-state index contributed by atoms with van der Waals surface area (Å²) >= 11 is 0. The number of hydrogen-bond acceptors (Lipinski definition) is 1. The van der Waals surface area contributed by atoms with E-state index in [1.54, 1.807) is 0 Å². The summed E-state index contributed by atoms with van der Waals surface area (Å²) in [7, 11) is 0. The molecule has 5 rings (SSSR count). The van der Waals surface area contributed by atoms with Crippen LogP contribution in [0.1, 0.15) is 89.2 Å². The van der Waals surface area contributed by atoms with E-state index in [-0.39, 0.29) is 12.4 Å². The largest absolute Gasteiger partial charge is 1.00 e. The van der Waals surface area contributed by atoms with Crippen LogP contribution in [0.25, 0.3) is 22.1 Å². The molecule has 4 nitrogen and oxygen atoms in total. The molecule has 0 saturated carbocycles. The van der Waals surface area contributed by atoms with E-state index in [9.17, 15) is 0 Å². The van der Waals surface area contributed by atoms with E-state index in [2.05, 4.69) is 75.4 Å². The van der Waals surface area contributed by atoms with Crippen molar-refractivity contribution in [2.24, 2.45) is 0 Å². The lowest BCUT2D eigenvalue weighted by Gasteiger charge is -2.02. The monoisotopic (exact) mass is 494 g/mol.